The van der Waals surface area contributed by atoms with Crippen molar-refractivity contribution in [3.63, 3.8) is 0 Å². The van der Waals surface area contributed by atoms with E-state index in [0.29, 0.717) is 12.6 Å². The minimum Gasteiger partial charge on any atom is -0.490 e. The van der Waals surface area contributed by atoms with E-state index in [-0.39, 0.29) is 6.10 Å². The molecule has 124 valence electrons. The molecule has 4 heteroatoms. The first-order chi connectivity index (χ1) is 10.6. The van der Waals surface area contributed by atoms with Crippen LogP contribution in [0.1, 0.15) is 58.4 Å². The zero-order valence-corrected chi connectivity index (χ0v) is 15.5. The van der Waals surface area contributed by atoms with Crippen molar-refractivity contribution in [2.75, 3.05) is 6.61 Å². The lowest BCUT2D eigenvalue weighted by Gasteiger charge is -2.23. The number of ether oxygens (including phenoxy) is 2. The lowest BCUT2D eigenvalue weighted by atomic mass is 9.95. The molecule has 1 aliphatic rings. The summed E-state index contributed by atoms with van der Waals surface area (Å²) in [5, 5.41) is 3.68. The largest absolute Gasteiger partial charge is 0.490 e. The Balaban J connectivity index is 2.07. The van der Waals surface area contributed by atoms with Crippen molar-refractivity contribution in [1.82, 2.24) is 5.32 Å². The monoisotopic (exact) mass is 369 g/mol. The molecule has 0 spiro atoms. The van der Waals surface area contributed by atoms with E-state index >= 15 is 0 Å². The van der Waals surface area contributed by atoms with Gasteiger partial charge in [-0.3, -0.25) is 0 Å². The Morgan fingerprint density at radius 2 is 1.95 bits per heavy atom. The van der Waals surface area contributed by atoms with Crippen LogP contribution in [0, 0.1) is 0 Å². The van der Waals surface area contributed by atoms with Crippen LogP contribution in [-0.2, 0) is 6.54 Å². The molecule has 3 nitrogen and oxygen atoms in total. The van der Waals surface area contributed by atoms with Gasteiger partial charge >= 0.3 is 0 Å². The molecule has 0 radical (unpaired) electrons. The van der Waals surface area contributed by atoms with E-state index in [0.717, 1.165) is 22.5 Å². The number of nitrogens with one attached hydrogen (secondary N) is 1. The first-order valence-electron chi connectivity index (χ1n) is 8.45. The maximum atomic E-state index is 5.89. The normalized spacial score (nSPS) is 16.0. The fraction of sp³-hybridized carbons (Fsp3) is 0.667. The van der Waals surface area contributed by atoms with Crippen molar-refractivity contribution >= 4 is 15.9 Å². The van der Waals surface area contributed by atoms with Crippen molar-refractivity contribution in [2.45, 2.75) is 71.6 Å². The van der Waals surface area contributed by atoms with E-state index in [9.17, 15) is 0 Å². The molecule has 0 unspecified atom stereocenters. The number of hydrogen-bond donors (Lipinski definition) is 1. The van der Waals surface area contributed by atoms with Gasteiger partial charge in [-0.15, -0.1) is 0 Å². The van der Waals surface area contributed by atoms with E-state index in [4.69, 9.17) is 9.47 Å². The Bertz CT molecular complexity index is 470. The van der Waals surface area contributed by atoms with Gasteiger partial charge in [0, 0.05) is 12.6 Å². The highest BCUT2D eigenvalue weighted by molar-refractivity contribution is 9.10. The molecule has 2 rings (SSSR count). The van der Waals surface area contributed by atoms with Crippen LogP contribution in [0.15, 0.2) is 16.6 Å². The summed E-state index contributed by atoms with van der Waals surface area (Å²) in [7, 11) is 0. The molecule has 1 aliphatic carbocycles. The molecule has 1 aromatic rings. The maximum Gasteiger partial charge on any atom is 0.175 e. The predicted octanol–water partition coefficient (Wildman–Crippen LogP) is 5.06. The minimum absolute atomic E-state index is 0.127. The second-order valence-corrected chi connectivity index (χ2v) is 7.07. The third-order valence-corrected chi connectivity index (χ3v) is 4.51. The molecule has 1 fully saturated rings. The van der Waals surface area contributed by atoms with Crippen molar-refractivity contribution < 1.29 is 9.47 Å². The van der Waals surface area contributed by atoms with Crippen molar-refractivity contribution in [3.8, 4) is 11.5 Å². The first kappa shape index (κ1) is 17.6. The number of hydrogen-bond acceptors (Lipinski definition) is 3. The summed E-state index contributed by atoms with van der Waals surface area (Å²) in [6, 6.07) is 4.90. The van der Waals surface area contributed by atoms with Crippen LogP contribution in [0.4, 0.5) is 0 Å². The average Bonchev–Trinajstić information content (AvgIpc) is 2.49. The van der Waals surface area contributed by atoms with E-state index in [2.05, 4.69) is 33.4 Å². The Kier molecular flexibility index (Phi) is 7.03. The molecule has 0 heterocycles. The molecule has 0 aromatic heterocycles. The van der Waals surface area contributed by atoms with Gasteiger partial charge in [-0.2, -0.15) is 0 Å². The van der Waals surface area contributed by atoms with E-state index in [1.807, 2.05) is 20.8 Å². The smallest absolute Gasteiger partial charge is 0.175 e. The SMILES string of the molecule is CCOc1cc(CNC2CCCCC2)cc(Br)c1OC(C)C. The lowest BCUT2D eigenvalue weighted by Crippen LogP contribution is -2.30. The van der Waals surface area contributed by atoms with Crippen LogP contribution in [0.2, 0.25) is 0 Å². The maximum absolute atomic E-state index is 5.89. The molecular formula is C18H28BrNO2. The average molecular weight is 370 g/mol. The van der Waals surface area contributed by atoms with Crippen LogP contribution in [0.5, 0.6) is 11.5 Å². The molecule has 0 aliphatic heterocycles. The van der Waals surface area contributed by atoms with E-state index in [1.54, 1.807) is 0 Å². The zero-order chi connectivity index (χ0) is 15.9. The van der Waals surface area contributed by atoms with Crippen molar-refractivity contribution in [1.29, 1.82) is 0 Å². The third-order valence-electron chi connectivity index (χ3n) is 3.92. The highest BCUT2D eigenvalue weighted by Crippen LogP contribution is 2.37. The Hall–Kier alpha value is -0.740. The number of rotatable bonds is 7. The fourth-order valence-electron chi connectivity index (χ4n) is 2.91. The van der Waals surface area contributed by atoms with Crippen LogP contribution in [0.3, 0.4) is 0 Å². The standard InChI is InChI=1S/C18H28BrNO2/c1-4-21-17-11-14(10-16(19)18(17)22-13(2)3)12-20-15-8-6-5-7-9-15/h10-11,13,15,20H,4-9,12H2,1-3H3. The molecule has 0 bridgehead atoms. The summed E-state index contributed by atoms with van der Waals surface area (Å²) in [6.45, 7) is 7.58. The molecule has 0 amide bonds. The second-order valence-electron chi connectivity index (χ2n) is 6.22. The molecular weight excluding hydrogens is 342 g/mol. The Morgan fingerprint density at radius 3 is 2.59 bits per heavy atom. The molecule has 22 heavy (non-hydrogen) atoms. The van der Waals surface area contributed by atoms with Gasteiger partial charge in [0.15, 0.2) is 11.5 Å². The Labute approximate surface area is 142 Å². The topological polar surface area (TPSA) is 30.5 Å². The van der Waals surface area contributed by atoms with Gasteiger partial charge in [0.1, 0.15) is 0 Å². The summed E-state index contributed by atoms with van der Waals surface area (Å²) in [5.41, 5.74) is 1.23. The van der Waals surface area contributed by atoms with Gasteiger partial charge in [0.25, 0.3) is 0 Å². The molecule has 0 atom stereocenters. The summed E-state index contributed by atoms with van der Waals surface area (Å²) >= 11 is 3.63. The van der Waals surface area contributed by atoms with E-state index < -0.39 is 0 Å². The van der Waals surface area contributed by atoms with Crippen molar-refractivity contribution in [3.05, 3.63) is 22.2 Å². The number of benzene rings is 1. The summed E-state index contributed by atoms with van der Waals surface area (Å²) < 4.78 is 12.6. The Morgan fingerprint density at radius 1 is 1.23 bits per heavy atom. The zero-order valence-electron chi connectivity index (χ0n) is 14.0. The molecule has 0 saturated heterocycles. The van der Waals surface area contributed by atoms with Gasteiger partial charge in [-0.05, 0) is 67.2 Å². The summed E-state index contributed by atoms with van der Waals surface area (Å²) in [5.74, 6) is 1.63. The van der Waals surface area contributed by atoms with Gasteiger partial charge in [0.05, 0.1) is 17.2 Å². The summed E-state index contributed by atoms with van der Waals surface area (Å²) in [4.78, 5) is 0. The van der Waals surface area contributed by atoms with Gasteiger partial charge in [0.2, 0.25) is 0 Å². The van der Waals surface area contributed by atoms with Crippen LogP contribution in [-0.4, -0.2) is 18.8 Å². The highest BCUT2D eigenvalue weighted by Gasteiger charge is 2.16. The van der Waals surface area contributed by atoms with Gasteiger partial charge in [-0.25, -0.2) is 0 Å². The van der Waals surface area contributed by atoms with Crippen molar-refractivity contribution in [2.24, 2.45) is 0 Å². The fourth-order valence-corrected chi connectivity index (χ4v) is 3.49. The van der Waals surface area contributed by atoms with Crippen LogP contribution in [0.25, 0.3) is 0 Å². The summed E-state index contributed by atoms with van der Waals surface area (Å²) in [6.07, 6.45) is 6.82. The van der Waals surface area contributed by atoms with Gasteiger partial charge < -0.3 is 14.8 Å². The van der Waals surface area contributed by atoms with Gasteiger partial charge in [-0.1, -0.05) is 19.3 Å². The van der Waals surface area contributed by atoms with E-state index in [1.165, 1.54) is 37.7 Å². The minimum atomic E-state index is 0.127. The first-order valence-corrected chi connectivity index (χ1v) is 9.24. The molecule has 1 aromatic carbocycles. The third kappa shape index (κ3) is 5.17. The predicted molar refractivity (Wildman–Crippen MR) is 94.8 cm³/mol. The highest BCUT2D eigenvalue weighted by atomic mass is 79.9. The van der Waals surface area contributed by atoms with Crippen LogP contribution < -0.4 is 14.8 Å². The second kappa shape index (κ2) is 8.78. The number of halogens is 1. The molecule has 1 N–H and O–H groups in total. The lowest BCUT2D eigenvalue weighted by molar-refractivity contribution is 0.222. The van der Waals surface area contributed by atoms with Crippen LogP contribution >= 0.6 is 15.9 Å². The molecule has 1 saturated carbocycles. The quantitative estimate of drug-likeness (QED) is 0.728.